The van der Waals surface area contributed by atoms with Crippen molar-refractivity contribution in [2.24, 2.45) is 0 Å². The molecular formula is C28H33F3N8O2. The highest BCUT2D eigenvalue weighted by atomic mass is 19.4. The maximum Gasteiger partial charge on any atom is 0.418 e. The van der Waals surface area contributed by atoms with Crippen LogP contribution in [0, 0.1) is 6.57 Å². The molecule has 2 aromatic rings. The molecule has 41 heavy (non-hydrogen) atoms. The van der Waals surface area contributed by atoms with Gasteiger partial charge in [-0.1, -0.05) is 6.58 Å². The molecule has 5 heterocycles. The third-order valence-corrected chi connectivity index (χ3v) is 8.09. The highest BCUT2D eigenvalue weighted by Gasteiger charge is 2.38. The average Bonchev–Trinajstić information content (AvgIpc) is 3.39. The number of amides is 1. The summed E-state index contributed by atoms with van der Waals surface area (Å²) >= 11 is 0. The van der Waals surface area contributed by atoms with E-state index in [1.807, 2.05) is 11.9 Å². The Bertz CT molecular complexity index is 1330. The third kappa shape index (κ3) is 6.07. The topological polar surface area (TPSA) is 82.3 Å². The van der Waals surface area contributed by atoms with Gasteiger partial charge in [-0.25, -0.2) is 6.57 Å². The summed E-state index contributed by atoms with van der Waals surface area (Å²) in [6, 6.07) is 1.05. The molecule has 10 nitrogen and oxygen atoms in total. The molecule has 218 valence electrons. The Morgan fingerprint density at radius 3 is 2.76 bits per heavy atom. The zero-order chi connectivity index (χ0) is 29.1. The van der Waals surface area contributed by atoms with Crippen molar-refractivity contribution in [1.29, 1.82) is 0 Å². The van der Waals surface area contributed by atoms with Crippen molar-refractivity contribution >= 4 is 17.4 Å². The maximum atomic E-state index is 13.8. The van der Waals surface area contributed by atoms with E-state index < -0.39 is 11.7 Å². The molecule has 13 heteroatoms. The fraction of sp³-hybridized carbons (Fsp3) is 0.536. The number of rotatable bonds is 7. The number of carbonyl (C=O) groups is 1. The molecule has 0 unspecified atom stereocenters. The Kier molecular flexibility index (Phi) is 8.30. The highest BCUT2D eigenvalue weighted by Crippen LogP contribution is 2.38. The zero-order valence-electron chi connectivity index (χ0n) is 23.0. The van der Waals surface area contributed by atoms with Crippen molar-refractivity contribution in [3.8, 4) is 6.01 Å². The number of pyridine rings is 1. The minimum absolute atomic E-state index is 0.00883. The first-order valence-electron chi connectivity index (χ1n) is 13.7. The van der Waals surface area contributed by atoms with Crippen LogP contribution in [0.5, 0.6) is 6.01 Å². The van der Waals surface area contributed by atoms with Gasteiger partial charge in [0.2, 0.25) is 12.5 Å². The third-order valence-electron chi connectivity index (χ3n) is 8.09. The largest absolute Gasteiger partial charge is 0.462 e. The molecule has 2 aromatic heterocycles. The minimum atomic E-state index is -4.52. The number of ether oxygens (including phenoxy) is 1. The molecule has 0 spiro atoms. The van der Waals surface area contributed by atoms with E-state index in [0.29, 0.717) is 50.7 Å². The van der Waals surface area contributed by atoms with Crippen LogP contribution in [0.25, 0.3) is 4.85 Å². The van der Waals surface area contributed by atoms with Crippen molar-refractivity contribution in [1.82, 2.24) is 24.8 Å². The van der Waals surface area contributed by atoms with Crippen LogP contribution in [0.1, 0.15) is 29.7 Å². The number of alkyl halides is 3. The quantitative estimate of drug-likeness (QED) is 0.371. The first-order chi connectivity index (χ1) is 19.7. The van der Waals surface area contributed by atoms with Gasteiger partial charge < -0.3 is 29.2 Å². The van der Waals surface area contributed by atoms with Crippen molar-refractivity contribution in [3.63, 3.8) is 0 Å². The van der Waals surface area contributed by atoms with E-state index in [-0.39, 0.29) is 42.8 Å². The summed E-state index contributed by atoms with van der Waals surface area (Å²) in [6.07, 6.45) is 1.63. The van der Waals surface area contributed by atoms with Gasteiger partial charge in [-0.3, -0.25) is 9.78 Å². The van der Waals surface area contributed by atoms with Crippen molar-refractivity contribution < 1.29 is 22.7 Å². The molecule has 1 amide bonds. The summed E-state index contributed by atoms with van der Waals surface area (Å²) in [5.74, 6) is 0.424. The number of piperazine rings is 1. The Hall–Kier alpha value is -3.92. The molecule has 0 radical (unpaired) electrons. The van der Waals surface area contributed by atoms with Crippen LogP contribution < -0.4 is 14.5 Å². The number of likely N-dealkylation sites (tertiary alicyclic amines) is 1. The van der Waals surface area contributed by atoms with E-state index in [1.54, 1.807) is 9.80 Å². The smallest absolute Gasteiger partial charge is 0.418 e. The normalized spacial score (nSPS) is 21.4. The second kappa shape index (κ2) is 11.9. The predicted molar refractivity (Wildman–Crippen MR) is 147 cm³/mol. The monoisotopic (exact) mass is 570 g/mol. The first kappa shape index (κ1) is 28.6. The van der Waals surface area contributed by atoms with Gasteiger partial charge >= 0.3 is 12.2 Å². The summed E-state index contributed by atoms with van der Waals surface area (Å²) in [5, 5.41) is 0. The Labute approximate surface area is 237 Å². The Morgan fingerprint density at radius 2 is 2.05 bits per heavy atom. The molecule has 2 atom stereocenters. The van der Waals surface area contributed by atoms with Gasteiger partial charge in [-0.05, 0) is 45.0 Å². The van der Waals surface area contributed by atoms with E-state index in [1.165, 1.54) is 12.3 Å². The molecular weight excluding hydrogens is 537 g/mol. The number of hydrogen-bond donors (Lipinski definition) is 0. The van der Waals surface area contributed by atoms with Crippen LogP contribution in [0.4, 0.5) is 24.7 Å². The Balaban J connectivity index is 1.47. The summed E-state index contributed by atoms with van der Waals surface area (Å²) in [5.41, 5.74) is 0.707. The second-order valence-electron chi connectivity index (χ2n) is 10.6. The van der Waals surface area contributed by atoms with Gasteiger partial charge in [0.25, 0.3) is 0 Å². The molecule has 0 bridgehead atoms. The summed E-state index contributed by atoms with van der Waals surface area (Å²) in [4.78, 5) is 37.0. The fourth-order valence-corrected chi connectivity index (χ4v) is 5.88. The van der Waals surface area contributed by atoms with Gasteiger partial charge in [0.15, 0.2) is 0 Å². The average molecular weight is 571 g/mol. The summed E-state index contributed by atoms with van der Waals surface area (Å²) in [7, 11) is 2.05. The Morgan fingerprint density at radius 1 is 1.22 bits per heavy atom. The van der Waals surface area contributed by atoms with Crippen LogP contribution >= 0.6 is 0 Å². The minimum Gasteiger partial charge on any atom is -0.462 e. The van der Waals surface area contributed by atoms with Crippen LogP contribution in [-0.4, -0.2) is 95.7 Å². The summed E-state index contributed by atoms with van der Waals surface area (Å²) < 4.78 is 47.5. The lowest BCUT2D eigenvalue weighted by molar-refractivity contribution is -0.137. The molecule has 0 saturated carbocycles. The van der Waals surface area contributed by atoms with Gasteiger partial charge in [0, 0.05) is 44.0 Å². The standard InChI is InChI=1S/C28H33F3N8O2/c1-4-25(40)39-13-12-38(16-20(39)14-32-2)26-21-8-11-37(24-15-33-9-7-22(24)28(29,30)31)17-23(21)34-27(35-26)41-18-19-6-5-10-36(19)3/h4,7,9,15,19-20H,1,5-6,8,10-14,16-18H2,3H3/t19-,20-/m0/s1. The van der Waals surface area contributed by atoms with Crippen LogP contribution in [-0.2, 0) is 23.9 Å². The number of anilines is 2. The van der Waals surface area contributed by atoms with E-state index >= 15 is 0 Å². The van der Waals surface area contributed by atoms with Gasteiger partial charge in [-0.2, -0.15) is 23.1 Å². The number of fused-ring (bicyclic) bond motifs is 1. The second-order valence-corrected chi connectivity index (χ2v) is 10.6. The number of hydrogen-bond acceptors (Lipinski definition) is 8. The lowest BCUT2D eigenvalue weighted by atomic mass is 10.0. The number of halogens is 3. The van der Waals surface area contributed by atoms with Crippen LogP contribution in [0.2, 0.25) is 0 Å². The predicted octanol–water partition coefficient (Wildman–Crippen LogP) is 3.05. The molecule has 2 fully saturated rings. The van der Waals surface area contributed by atoms with Crippen molar-refractivity contribution in [2.45, 2.75) is 44.1 Å². The highest BCUT2D eigenvalue weighted by molar-refractivity contribution is 5.87. The number of nitrogens with zero attached hydrogens (tertiary/aromatic N) is 8. The summed E-state index contributed by atoms with van der Waals surface area (Å²) in [6.45, 7) is 14.2. The molecule has 0 N–H and O–H groups in total. The maximum absolute atomic E-state index is 13.8. The molecule has 3 aliphatic rings. The lowest BCUT2D eigenvalue weighted by Crippen LogP contribution is -2.56. The number of carbonyl (C=O) groups excluding carboxylic acids is 1. The van der Waals surface area contributed by atoms with E-state index in [2.05, 4.69) is 26.3 Å². The van der Waals surface area contributed by atoms with Crippen molar-refractivity contribution in [3.05, 3.63) is 59.4 Å². The van der Waals surface area contributed by atoms with Gasteiger partial charge in [0.05, 0.1) is 29.7 Å². The molecule has 0 aliphatic carbocycles. The van der Waals surface area contributed by atoms with Crippen LogP contribution in [0.3, 0.4) is 0 Å². The van der Waals surface area contributed by atoms with E-state index in [0.717, 1.165) is 37.2 Å². The fourth-order valence-electron chi connectivity index (χ4n) is 5.88. The van der Waals surface area contributed by atoms with E-state index in [4.69, 9.17) is 16.3 Å². The number of likely N-dealkylation sites (N-methyl/N-ethyl adjacent to an activating group) is 1. The SMILES string of the molecule is [C-]#[N+]C[C@H]1CN(c2nc(OC[C@@H]3CCCN3C)nc3c2CCN(c2cnccc2C(F)(F)F)C3)CCN1C(=O)C=C. The van der Waals surface area contributed by atoms with E-state index in [9.17, 15) is 18.0 Å². The van der Waals surface area contributed by atoms with Crippen LogP contribution in [0.15, 0.2) is 31.1 Å². The van der Waals surface area contributed by atoms with Gasteiger partial charge in [-0.15, -0.1) is 0 Å². The zero-order valence-corrected chi connectivity index (χ0v) is 23.0. The molecule has 5 rings (SSSR count). The number of aromatic nitrogens is 3. The van der Waals surface area contributed by atoms with Gasteiger partial charge in [0.1, 0.15) is 18.5 Å². The lowest BCUT2D eigenvalue weighted by Gasteiger charge is -2.41. The van der Waals surface area contributed by atoms with Crippen molar-refractivity contribution in [2.75, 3.05) is 62.7 Å². The molecule has 2 saturated heterocycles. The first-order valence-corrected chi connectivity index (χ1v) is 13.7. The molecule has 0 aromatic carbocycles. The molecule has 3 aliphatic heterocycles.